The highest BCUT2D eigenvalue weighted by molar-refractivity contribution is 14.0. The lowest BCUT2D eigenvalue weighted by atomic mass is 10.1. The molecule has 29 heavy (non-hydrogen) atoms. The van der Waals surface area contributed by atoms with Crippen molar-refractivity contribution in [1.29, 1.82) is 0 Å². The molecule has 0 saturated carbocycles. The number of nitrogens with one attached hydrogen (secondary N) is 1. The van der Waals surface area contributed by atoms with Gasteiger partial charge in [0, 0.05) is 31.5 Å². The maximum Gasteiger partial charge on any atom is 0.193 e. The number of hydrogen-bond donors (Lipinski definition) is 2. The van der Waals surface area contributed by atoms with E-state index in [0.29, 0.717) is 25.2 Å². The van der Waals surface area contributed by atoms with Crippen molar-refractivity contribution < 1.29 is 9.47 Å². The number of nitrogens with two attached hydrogens (primary N) is 1. The molecule has 0 aliphatic carbocycles. The molecule has 2 aromatic carbocycles. The number of guanidine groups is 1. The lowest BCUT2D eigenvalue weighted by molar-refractivity contribution is 0.0392. The van der Waals surface area contributed by atoms with E-state index in [4.69, 9.17) is 15.2 Å². The van der Waals surface area contributed by atoms with Crippen molar-refractivity contribution in [1.82, 2.24) is 4.90 Å². The van der Waals surface area contributed by atoms with Gasteiger partial charge in [0.15, 0.2) is 5.96 Å². The number of para-hydroxylation sites is 1. The Labute approximate surface area is 190 Å². The van der Waals surface area contributed by atoms with E-state index in [1.807, 2.05) is 54.6 Å². The summed E-state index contributed by atoms with van der Waals surface area (Å²) in [4.78, 5) is 6.78. The van der Waals surface area contributed by atoms with E-state index in [1.165, 1.54) is 0 Å². The van der Waals surface area contributed by atoms with E-state index in [1.54, 1.807) is 0 Å². The van der Waals surface area contributed by atoms with E-state index < -0.39 is 0 Å². The van der Waals surface area contributed by atoms with Crippen molar-refractivity contribution in [2.24, 2.45) is 10.7 Å². The number of nitrogens with zero attached hydrogens (tertiary/aromatic N) is 2. The van der Waals surface area contributed by atoms with Crippen molar-refractivity contribution >= 4 is 35.6 Å². The molecule has 1 saturated heterocycles. The predicted octanol–water partition coefficient (Wildman–Crippen LogP) is 3.72. The van der Waals surface area contributed by atoms with Gasteiger partial charge in [-0.25, -0.2) is 4.99 Å². The largest absolute Gasteiger partial charge is 0.492 e. The second-order valence-electron chi connectivity index (χ2n) is 7.01. The van der Waals surface area contributed by atoms with Crippen LogP contribution in [0.25, 0.3) is 0 Å². The average molecular weight is 510 g/mol. The van der Waals surface area contributed by atoms with Crippen LogP contribution in [-0.2, 0) is 11.3 Å². The molecule has 1 aliphatic heterocycles. The van der Waals surface area contributed by atoms with Crippen LogP contribution in [0.1, 0.15) is 18.4 Å². The number of ether oxygens (including phenoxy) is 2. The summed E-state index contributed by atoms with van der Waals surface area (Å²) in [5.74, 6) is 1.26. The number of halogens is 1. The average Bonchev–Trinajstić information content (AvgIpc) is 2.74. The summed E-state index contributed by atoms with van der Waals surface area (Å²) in [5.41, 5.74) is 7.96. The second kappa shape index (κ2) is 12.7. The van der Waals surface area contributed by atoms with Crippen LogP contribution in [0.3, 0.4) is 0 Å². The summed E-state index contributed by atoms with van der Waals surface area (Å²) in [5, 5.41) is 3.09. The van der Waals surface area contributed by atoms with E-state index in [0.717, 1.165) is 49.6 Å². The van der Waals surface area contributed by atoms with E-state index in [-0.39, 0.29) is 24.0 Å². The van der Waals surface area contributed by atoms with E-state index in [9.17, 15) is 0 Å². The number of anilines is 1. The summed E-state index contributed by atoms with van der Waals surface area (Å²) >= 11 is 0. The number of rotatable bonds is 8. The van der Waals surface area contributed by atoms with Crippen LogP contribution < -0.4 is 15.8 Å². The molecular formula is C22H31IN4O2. The Morgan fingerprint density at radius 3 is 2.69 bits per heavy atom. The summed E-state index contributed by atoms with van der Waals surface area (Å²) in [7, 11) is 2.16. The third kappa shape index (κ3) is 8.20. The zero-order valence-electron chi connectivity index (χ0n) is 16.9. The first-order valence-electron chi connectivity index (χ1n) is 9.82. The molecule has 0 aromatic heterocycles. The van der Waals surface area contributed by atoms with Gasteiger partial charge in [-0.2, -0.15) is 0 Å². The van der Waals surface area contributed by atoms with E-state index >= 15 is 0 Å². The molecule has 2 aromatic rings. The molecular weight excluding hydrogens is 479 g/mol. The van der Waals surface area contributed by atoms with Crippen LogP contribution in [0.4, 0.5) is 5.69 Å². The molecule has 158 valence electrons. The van der Waals surface area contributed by atoms with Gasteiger partial charge in [0.2, 0.25) is 0 Å². The van der Waals surface area contributed by atoms with Gasteiger partial charge < -0.3 is 20.5 Å². The Hall–Kier alpha value is -1.84. The second-order valence-corrected chi connectivity index (χ2v) is 7.01. The number of likely N-dealkylation sites (N-methyl/N-ethyl adjacent to an activating group) is 1. The molecule has 7 heteroatoms. The van der Waals surface area contributed by atoms with Gasteiger partial charge >= 0.3 is 0 Å². The van der Waals surface area contributed by atoms with Crippen LogP contribution in [0, 0.1) is 0 Å². The smallest absolute Gasteiger partial charge is 0.193 e. The zero-order chi connectivity index (χ0) is 19.6. The Balaban J connectivity index is 0.00000300. The Morgan fingerprint density at radius 1 is 1.17 bits per heavy atom. The van der Waals surface area contributed by atoms with Gasteiger partial charge in [-0.15, -0.1) is 24.0 Å². The van der Waals surface area contributed by atoms with Gasteiger partial charge in [0.05, 0.1) is 6.54 Å². The van der Waals surface area contributed by atoms with Gasteiger partial charge in [-0.05, 0) is 49.7 Å². The molecule has 0 bridgehead atoms. The van der Waals surface area contributed by atoms with Crippen molar-refractivity contribution in [3.63, 3.8) is 0 Å². The highest BCUT2D eigenvalue weighted by Crippen LogP contribution is 2.16. The van der Waals surface area contributed by atoms with E-state index in [2.05, 4.69) is 22.3 Å². The van der Waals surface area contributed by atoms with Crippen LogP contribution in [0.15, 0.2) is 59.6 Å². The first kappa shape index (κ1) is 23.4. The van der Waals surface area contributed by atoms with Crippen LogP contribution in [0.2, 0.25) is 0 Å². The van der Waals surface area contributed by atoms with Gasteiger partial charge in [-0.1, -0.05) is 30.3 Å². The molecule has 3 N–H and O–H groups in total. The van der Waals surface area contributed by atoms with Crippen molar-refractivity contribution in [3.8, 4) is 5.75 Å². The fourth-order valence-electron chi connectivity index (χ4n) is 3.23. The highest BCUT2D eigenvalue weighted by Gasteiger charge is 2.17. The molecule has 1 aliphatic rings. The van der Waals surface area contributed by atoms with Crippen LogP contribution >= 0.6 is 24.0 Å². The fourth-order valence-corrected chi connectivity index (χ4v) is 3.23. The molecule has 0 amide bonds. The minimum absolute atomic E-state index is 0. The normalized spacial score (nSPS) is 15.0. The number of benzene rings is 2. The molecule has 3 rings (SSSR count). The Kier molecular flexibility index (Phi) is 10.2. The minimum atomic E-state index is 0. The third-order valence-electron chi connectivity index (χ3n) is 4.90. The van der Waals surface area contributed by atoms with Crippen LogP contribution in [-0.4, -0.2) is 50.3 Å². The van der Waals surface area contributed by atoms with Gasteiger partial charge in [0.25, 0.3) is 0 Å². The maximum atomic E-state index is 5.97. The quantitative estimate of drug-likeness (QED) is 0.322. The molecule has 1 fully saturated rings. The topological polar surface area (TPSA) is 72.1 Å². The molecule has 1 heterocycles. The third-order valence-corrected chi connectivity index (χ3v) is 4.90. The van der Waals surface area contributed by atoms with Gasteiger partial charge in [0.1, 0.15) is 12.4 Å². The molecule has 0 unspecified atom stereocenters. The maximum absolute atomic E-state index is 5.97. The lowest BCUT2D eigenvalue weighted by Gasteiger charge is -2.31. The summed E-state index contributed by atoms with van der Waals surface area (Å²) < 4.78 is 11.4. The van der Waals surface area contributed by atoms with Crippen molar-refractivity contribution in [3.05, 3.63) is 60.2 Å². The first-order valence-corrected chi connectivity index (χ1v) is 9.82. The zero-order valence-corrected chi connectivity index (χ0v) is 19.3. The van der Waals surface area contributed by atoms with Gasteiger partial charge in [-0.3, -0.25) is 4.90 Å². The van der Waals surface area contributed by atoms with Crippen molar-refractivity contribution in [2.75, 3.05) is 38.7 Å². The Morgan fingerprint density at radius 2 is 1.93 bits per heavy atom. The highest BCUT2D eigenvalue weighted by atomic mass is 127. The summed E-state index contributed by atoms with van der Waals surface area (Å²) in [6.45, 7) is 3.80. The SMILES string of the molecule is CN(CCOc1cccc(CN=C(N)Nc2ccccc2)c1)C1CCOCC1.I. The standard InChI is InChI=1S/C22H30N4O2.HI/c1-26(20-10-13-27-14-11-20)12-15-28-21-9-5-6-18(16-21)17-24-22(23)25-19-7-3-2-4-8-19;/h2-9,16,20H,10-15,17H2,1H3,(H3,23,24,25);1H. The fraction of sp³-hybridized carbons (Fsp3) is 0.409. The minimum Gasteiger partial charge on any atom is -0.492 e. The first-order chi connectivity index (χ1) is 13.7. The molecule has 0 atom stereocenters. The molecule has 0 radical (unpaired) electrons. The molecule has 6 nitrogen and oxygen atoms in total. The Bertz CT molecular complexity index is 751. The van der Waals surface area contributed by atoms with Crippen LogP contribution in [0.5, 0.6) is 5.75 Å². The number of aliphatic imine (C=N–C) groups is 1. The van der Waals surface area contributed by atoms with Crippen molar-refractivity contribution in [2.45, 2.75) is 25.4 Å². The number of hydrogen-bond acceptors (Lipinski definition) is 4. The monoisotopic (exact) mass is 510 g/mol. The predicted molar refractivity (Wildman–Crippen MR) is 129 cm³/mol. The lowest BCUT2D eigenvalue weighted by Crippen LogP contribution is -2.38. The summed E-state index contributed by atoms with van der Waals surface area (Å²) in [6.07, 6.45) is 2.20. The molecule has 0 spiro atoms. The summed E-state index contributed by atoms with van der Waals surface area (Å²) in [6, 6.07) is 18.4.